The molecule has 1 heterocycles. The number of amides is 1. The predicted octanol–water partition coefficient (Wildman–Crippen LogP) is 1.54. The standard InChI is InChI=1S/C13H17ClN2O2S/c1-9(19(2)18)8-16-12(17)7-15-13(16)10-4-3-5-11(14)6-10/h3-6,9,13,15H,7-8H2,1-2H3. The highest BCUT2D eigenvalue weighted by Gasteiger charge is 2.32. The van der Waals surface area contributed by atoms with E-state index in [2.05, 4.69) is 5.32 Å². The van der Waals surface area contributed by atoms with Crippen LogP contribution in [0.25, 0.3) is 0 Å². The van der Waals surface area contributed by atoms with E-state index in [0.717, 1.165) is 5.56 Å². The van der Waals surface area contributed by atoms with Crippen molar-refractivity contribution in [1.29, 1.82) is 0 Å². The molecule has 0 spiro atoms. The fourth-order valence-electron chi connectivity index (χ4n) is 2.10. The van der Waals surface area contributed by atoms with Crippen LogP contribution in [0.3, 0.4) is 0 Å². The fraction of sp³-hybridized carbons (Fsp3) is 0.462. The summed E-state index contributed by atoms with van der Waals surface area (Å²) in [4.78, 5) is 13.7. The number of nitrogens with zero attached hydrogens (tertiary/aromatic N) is 1. The first kappa shape index (κ1) is 14.5. The molecule has 0 bridgehead atoms. The zero-order chi connectivity index (χ0) is 14.0. The van der Waals surface area contributed by atoms with E-state index in [9.17, 15) is 9.00 Å². The molecule has 0 saturated carbocycles. The first-order valence-corrected chi connectivity index (χ1v) is 8.09. The summed E-state index contributed by atoms with van der Waals surface area (Å²) in [5, 5.41) is 3.76. The monoisotopic (exact) mass is 300 g/mol. The zero-order valence-electron chi connectivity index (χ0n) is 10.9. The first-order chi connectivity index (χ1) is 8.99. The molecule has 1 fully saturated rings. The van der Waals surface area contributed by atoms with Gasteiger partial charge in [0.1, 0.15) is 6.17 Å². The van der Waals surface area contributed by atoms with Gasteiger partial charge in [0.2, 0.25) is 5.91 Å². The molecule has 19 heavy (non-hydrogen) atoms. The molecule has 1 amide bonds. The number of carbonyl (C=O) groups is 1. The number of benzene rings is 1. The van der Waals surface area contributed by atoms with Crippen LogP contribution in [0.4, 0.5) is 0 Å². The third kappa shape index (κ3) is 3.35. The van der Waals surface area contributed by atoms with Gasteiger partial charge in [-0.1, -0.05) is 23.7 Å². The van der Waals surface area contributed by atoms with Crippen LogP contribution in [0.1, 0.15) is 18.7 Å². The molecule has 0 aliphatic carbocycles. The molecule has 1 N–H and O–H groups in total. The molecular formula is C13H17ClN2O2S. The molecule has 4 nitrogen and oxygen atoms in total. The third-order valence-electron chi connectivity index (χ3n) is 3.26. The smallest absolute Gasteiger partial charge is 0.238 e. The Bertz CT molecular complexity index is 509. The number of halogens is 1. The normalized spacial score (nSPS) is 22.6. The van der Waals surface area contributed by atoms with Crippen molar-refractivity contribution in [3.63, 3.8) is 0 Å². The van der Waals surface area contributed by atoms with E-state index >= 15 is 0 Å². The van der Waals surface area contributed by atoms with Crippen LogP contribution in [-0.4, -0.2) is 39.6 Å². The Morgan fingerprint density at radius 3 is 2.95 bits per heavy atom. The van der Waals surface area contributed by atoms with Gasteiger partial charge in [-0.15, -0.1) is 0 Å². The van der Waals surface area contributed by atoms with E-state index < -0.39 is 10.8 Å². The van der Waals surface area contributed by atoms with Gasteiger partial charge in [0.25, 0.3) is 0 Å². The van der Waals surface area contributed by atoms with E-state index in [4.69, 9.17) is 11.6 Å². The summed E-state index contributed by atoms with van der Waals surface area (Å²) in [5.41, 5.74) is 0.951. The van der Waals surface area contributed by atoms with Gasteiger partial charge in [0, 0.05) is 33.9 Å². The summed E-state index contributed by atoms with van der Waals surface area (Å²) < 4.78 is 11.5. The molecular weight excluding hydrogens is 284 g/mol. The lowest BCUT2D eigenvalue weighted by Crippen LogP contribution is -2.37. The van der Waals surface area contributed by atoms with Crippen molar-refractivity contribution in [2.75, 3.05) is 19.3 Å². The highest BCUT2D eigenvalue weighted by molar-refractivity contribution is 7.84. The Morgan fingerprint density at radius 2 is 2.32 bits per heavy atom. The van der Waals surface area contributed by atoms with Crippen LogP contribution in [0.2, 0.25) is 5.02 Å². The van der Waals surface area contributed by atoms with Crippen molar-refractivity contribution in [1.82, 2.24) is 10.2 Å². The van der Waals surface area contributed by atoms with Crippen molar-refractivity contribution in [3.8, 4) is 0 Å². The fourth-order valence-corrected chi connectivity index (χ4v) is 2.67. The minimum atomic E-state index is -0.945. The molecule has 104 valence electrons. The van der Waals surface area contributed by atoms with E-state index in [1.54, 1.807) is 17.2 Å². The predicted molar refractivity (Wildman–Crippen MR) is 77.4 cm³/mol. The molecule has 0 radical (unpaired) electrons. The first-order valence-electron chi connectivity index (χ1n) is 6.09. The molecule has 1 aliphatic heterocycles. The van der Waals surface area contributed by atoms with Crippen LogP contribution in [0, 0.1) is 0 Å². The summed E-state index contributed by atoms with van der Waals surface area (Å²) in [5.74, 6) is 0.0299. The van der Waals surface area contributed by atoms with E-state index in [0.29, 0.717) is 18.1 Å². The Morgan fingerprint density at radius 1 is 1.58 bits per heavy atom. The number of hydrogen-bond acceptors (Lipinski definition) is 3. The van der Waals surface area contributed by atoms with E-state index in [1.807, 2.05) is 25.1 Å². The maximum Gasteiger partial charge on any atom is 0.238 e. The van der Waals surface area contributed by atoms with Crippen molar-refractivity contribution in [2.45, 2.75) is 18.3 Å². The Hall–Kier alpha value is -0.910. The zero-order valence-corrected chi connectivity index (χ0v) is 12.5. The van der Waals surface area contributed by atoms with Crippen LogP contribution < -0.4 is 5.32 Å². The summed E-state index contributed by atoms with van der Waals surface area (Å²) >= 11 is 5.98. The molecule has 1 aliphatic rings. The number of nitrogens with one attached hydrogen (secondary N) is 1. The second-order valence-electron chi connectivity index (χ2n) is 4.69. The quantitative estimate of drug-likeness (QED) is 0.917. The molecule has 1 aromatic rings. The van der Waals surface area contributed by atoms with Gasteiger partial charge in [-0.05, 0) is 24.6 Å². The highest BCUT2D eigenvalue weighted by atomic mass is 35.5. The van der Waals surface area contributed by atoms with Crippen LogP contribution in [0.5, 0.6) is 0 Å². The lowest BCUT2D eigenvalue weighted by molar-refractivity contribution is -0.128. The van der Waals surface area contributed by atoms with Gasteiger partial charge >= 0.3 is 0 Å². The molecule has 3 unspecified atom stereocenters. The topological polar surface area (TPSA) is 49.4 Å². The van der Waals surface area contributed by atoms with Gasteiger partial charge < -0.3 is 4.90 Å². The average molecular weight is 301 g/mol. The number of hydrogen-bond donors (Lipinski definition) is 1. The molecule has 1 saturated heterocycles. The van der Waals surface area contributed by atoms with Crippen LogP contribution in [-0.2, 0) is 15.6 Å². The Kier molecular flexibility index (Phi) is 4.60. The lowest BCUT2D eigenvalue weighted by Gasteiger charge is -2.26. The van der Waals surface area contributed by atoms with E-state index in [1.165, 1.54) is 0 Å². The van der Waals surface area contributed by atoms with Crippen molar-refractivity contribution in [2.24, 2.45) is 0 Å². The minimum absolute atomic E-state index is 0.0299. The van der Waals surface area contributed by atoms with Crippen molar-refractivity contribution in [3.05, 3.63) is 34.9 Å². The highest BCUT2D eigenvalue weighted by Crippen LogP contribution is 2.25. The maximum atomic E-state index is 11.9. The summed E-state index contributed by atoms with van der Waals surface area (Å²) in [7, 11) is -0.945. The van der Waals surface area contributed by atoms with Crippen molar-refractivity contribution < 1.29 is 9.00 Å². The van der Waals surface area contributed by atoms with Gasteiger partial charge in [-0.2, -0.15) is 0 Å². The largest absolute Gasteiger partial charge is 0.321 e. The Labute approximate surface area is 120 Å². The van der Waals surface area contributed by atoms with Crippen LogP contribution in [0.15, 0.2) is 24.3 Å². The molecule has 6 heteroatoms. The van der Waals surface area contributed by atoms with Gasteiger partial charge in [-0.3, -0.25) is 14.3 Å². The second kappa shape index (κ2) is 6.03. The molecule has 2 rings (SSSR count). The number of rotatable bonds is 4. The maximum absolute atomic E-state index is 11.9. The van der Waals surface area contributed by atoms with Gasteiger partial charge in [-0.25, -0.2) is 0 Å². The SMILES string of the molecule is CC(CN1C(=O)CNC1c1cccc(Cl)c1)S(C)=O. The lowest BCUT2D eigenvalue weighted by atomic mass is 10.1. The molecule has 1 aromatic carbocycles. The van der Waals surface area contributed by atoms with Gasteiger partial charge in [0.15, 0.2) is 0 Å². The summed E-state index contributed by atoms with van der Waals surface area (Å²) in [6.45, 7) is 2.67. The Balaban J connectivity index is 2.20. The van der Waals surface area contributed by atoms with E-state index in [-0.39, 0.29) is 17.3 Å². The minimum Gasteiger partial charge on any atom is -0.321 e. The third-order valence-corrected chi connectivity index (χ3v) is 4.78. The van der Waals surface area contributed by atoms with Crippen LogP contribution >= 0.6 is 11.6 Å². The average Bonchev–Trinajstić information content (AvgIpc) is 2.71. The van der Waals surface area contributed by atoms with Crippen molar-refractivity contribution >= 4 is 28.3 Å². The van der Waals surface area contributed by atoms with Gasteiger partial charge in [0.05, 0.1) is 6.54 Å². The second-order valence-corrected chi connectivity index (χ2v) is 6.93. The molecule has 0 aromatic heterocycles. The molecule has 3 atom stereocenters. The summed E-state index contributed by atoms with van der Waals surface area (Å²) in [6.07, 6.45) is 1.48. The summed E-state index contributed by atoms with van der Waals surface area (Å²) in [6, 6.07) is 7.44. The number of carbonyl (C=O) groups excluding carboxylic acids is 1.